The third-order valence-corrected chi connectivity index (χ3v) is 5.88. The Hall–Kier alpha value is -0.970. The fourth-order valence-electron chi connectivity index (χ4n) is 1.61. The quantitative estimate of drug-likeness (QED) is 0.649. The molecule has 7 nitrogen and oxygen atoms in total. The molecule has 1 aromatic carbocycles. The van der Waals surface area contributed by atoms with Gasteiger partial charge in [0.15, 0.2) is 0 Å². The Labute approximate surface area is 132 Å². The highest BCUT2D eigenvalue weighted by molar-refractivity contribution is 9.11. The zero-order chi connectivity index (χ0) is 14.9. The Bertz CT molecular complexity index is 694. The van der Waals surface area contributed by atoms with E-state index < -0.39 is 16.1 Å². The lowest BCUT2D eigenvalue weighted by Gasteiger charge is -2.14. The molecular formula is C10H11Br2N5O2S. The van der Waals surface area contributed by atoms with Crippen LogP contribution in [0.15, 0.2) is 32.3 Å². The van der Waals surface area contributed by atoms with Crippen LogP contribution in [-0.2, 0) is 10.0 Å². The van der Waals surface area contributed by atoms with Crippen molar-refractivity contribution in [2.75, 3.05) is 5.73 Å². The Morgan fingerprint density at radius 1 is 1.35 bits per heavy atom. The molecule has 20 heavy (non-hydrogen) atoms. The first-order valence-electron chi connectivity index (χ1n) is 5.43. The molecule has 108 valence electrons. The number of sulfonamides is 1. The van der Waals surface area contributed by atoms with E-state index in [0.717, 1.165) is 0 Å². The summed E-state index contributed by atoms with van der Waals surface area (Å²) < 4.78 is 28.1. The van der Waals surface area contributed by atoms with Crippen molar-refractivity contribution in [1.29, 1.82) is 0 Å². The topological polar surface area (TPSA) is 114 Å². The number of nitrogens with zero attached hydrogens (tertiary/aromatic N) is 2. The molecule has 0 aliphatic heterocycles. The molecule has 2 aromatic rings. The van der Waals surface area contributed by atoms with Gasteiger partial charge in [-0.1, -0.05) is 0 Å². The van der Waals surface area contributed by atoms with Crippen molar-refractivity contribution in [2.24, 2.45) is 0 Å². The van der Waals surface area contributed by atoms with Crippen molar-refractivity contribution in [3.63, 3.8) is 0 Å². The number of hydrogen-bond acceptors (Lipinski definition) is 5. The number of benzene rings is 1. The van der Waals surface area contributed by atoms with Crippen LogP contribution in [0.3, 0.4) is 0 Å². The minimum atomic E-state index is -3.75. The van der Waals surface area contributed by atoms with Crippen LogP contribution in [0.4, 0.5) is 5.69 Å². The predicted molar refractivity (Wildman–Crippen MR) is 81.4 cm³/mol. The molecule has 1 heterocycles. The number of hydrogen-bond donors (Lipinski definition) is 3. The van der Waals surface area contributed by atoms with Gasteiger partial charge in [-0.05, 0) is 50.9 Å². The zero-order valence-electron chi connectivity index (χ0n) is 10.3. The molecule has 1 aromatic heterocycles. The van der Waals surface area contributed by atoms with Gasteiger partial charge in [-0.15, -0.1) is 0 Å². The highest BCUT2D eigenvalue weighted by atomic mass is 79.9. The van der Waals surface area contributed by atoms with Crippen LogP contribution in [-0.4, -0.2) is 23.6 Å². The van der Waals surface area contributed by atoms with E-state index in [4.69, 9.17) is 5.73 Å². The molecular weight excluding hydrogens is 414 g/mol. The van der Waals surface area contributed by atoms with Gasteiger partial charge in [0.05, 0.1) is 6.04 Å². The normalized spacial score (nSPS) is 13.3. The van der Waals surface area contributed by atoms with Crippen molar-refractivity contribution >= 4 is 47.6 Å². The molecule has 1 unspecified atom stereocenters. The van der Waals surface area contributed by atoms with E-state index in [1.807, 2.05) is 0 Å². The van der Waals surface area contributed by atoms with E-state index in [1.54, 1.807) is 6.92 Å². The number of anilines is 1. The SMILES string of the molecule is CC(NS(=O)(=O)c1c(Br)cc(N)cc1Br)c1ncn[nH]1. The van der Waals surface area contributed by atoms with Crippen molar-refractivity contribution < 1.29 is 8.42 Å². The zero-order valence-corrected chi connectivity index (χ0v) is 14.3. The van der Waals surface area contributed by atoms with Crippen molar-refractivity contribution in [3.8, 4) is 0 Å². The molecule has 0 spiro atoms. The van der Waals surface area contributed by atoms with Crippen LogP contribution in [0.25, 0.3) is 0 Å². The molecule has 0 saturated heterocycles. The maximum absolute atomic E-state index is 12.4. The summed E-state index contributed by atoms with van der Waals surface area (Å²) in [6, 6.07) is 2.51. The first-order chi connectivity index (χ1) is 9.31. The van der Waals surface area contributed by atoms with E-state index in [-0.39, 0.29) is 4.90 Å². The van der Waals surface area contributed by atoms with Gasteiger partial charge in [0.1, 0.15) is 17.0 Å². The lowest BCUT2D eigenvalue weighted by atomic mass is 10.3. The number of nitrogen functional groups attached to an aromatic ring is 1. The van der Waals surface area contributed by atoms with Gasteiger partial charge in [0.25, 0.3) is 0 Å². The predicted octanol–water partition coefficient (Wildman–Crippen LogP) is 1.95. The van der Waals surface area contributed by atoms with Crippen molar-refractivity contribution in [2.45, 2.75) is 17.9 Å². The molecule has 10 heteroatoms. The molecule has 1 atom stereocenters. The second kappa shape index (κ2) is 5.80. The number of rotatable bonds is 4. The van der Waals surface area contributed by atoms with Crippen molar-refractivity contribution in [1.82, 2.24) is 19.9 Å². The van der Waals surface area contributed by atoms with E-state index in [9.17, 15) is 8.42 Å². The van der Waals surface area contributed by atoms with Crippen LogP contribution < -0.4 is 10.5 Å². The van der Waals surface area contributed by atoms with Crippen LogP contribution in [0.1, 0.15) is 18.8 Å². The summed E-state index contributed by atoms with van der Waals surface area (Å²) in [5, 5.41) is 6.30. The lowest BCUT2D eigenvalue weighted by molar-refractivity contribution is 0.559. The highest BCUT2D eigenvalue weighted by Gasteiger charge is 2.25. The Balaban J connectivity index is 2.37. The monoisotopic (exact) mass is 423 g/mol. The smallest absolute Gasteiger partial charge is 0.243 e. The fraction of sp³-hybridized carbons (Fsp3) is 0.200. The average molecular weight is 425 g/mol. The molecule has 0 fully saturated rings. The summed E-state index contributed by atoms with van der Waals surface area (Å²) in [6.45, 7) is 1.66. The Morgan fingerprint density at radius 3 is 2.45 bits per heavy atom. The minimum Gasteiger partial charge on any atom is -0.399 e. The molecule has 0 amide bonds. The summed E-state index contributed by atoms with van der Waals surface area (Å²) in [7, 11) is -3.75. The van der Waals surface area contributed by atoms with E-state index in [2.05, 4.69) is 51.8 Å². The van der Waals surface area contributed by atoms with E-state index in [0.29, 0.717) is 20.5 Å². The van der Waals surface area contributed by atoms with Crippen molar-refractivity contribution in [3.05, 3.63) is 33.2 Å². The Kier molecular flexibility index (Phi) is 4.47. The van der Waals surface area contributed by atoms with Gasteiger partial charge in [0, 0.05) is 14.6 Å². The molecule has 0 aliphatic rings. The fourth-order valence-corrected chi connectivity index (χ4v) is 5.43. The largest absolute Gasteiger partial charge is 0.399 e. The molecule has 0 radical (unpaired) electrons. The second-order valence-corrected chi connectivity index (χ2v) is 7.39. The van der Waals surface area contributed by atoms with Gasteiger partial charge in [-0.25, -0.2) is 18.1 Å². The van der Waals surface area contributed by atoms with Gasteiger partial charge >= 0.3 is 0 Å². The van der Waals surface area contributed by atoms with Crippen LogP contribution in [0.5, 0.6) is 0 Å². The van der Waals surface area contributed by atoms with Gasteiger partial charge in [0.2, 0.25) is 10.0 Å². The maximum Gasteiger partial charge on any atom is 0.243 e. The summed E-state index contributed by atoms with van der Waals surface area (Å²) in [5.74, 6) is 0.427. The van der Waals surface area contributed by atoms with E-state index in [1.165, 1.54) is 18.5 Å². The number of nitrogens with one attached hydrogen (secondary N) is 2. The van der Waals surface area contributed by atoms with Crippen LogP contribution in [0, 0.1) is 0 Å². The molecule has 0 bridgehead atoms. The van der Waals surface area contributed by atoms with Gasteiger partial charge < -0.3 is 5.73 Å². The van der Waals surface area contributed by atoms with Gasteiger partial charge in [-0.2, -0.15) is 5.10 Å². The standard InChI is InChI=1S/C10H11Br2N5O2S/c1-5(10-14-4-15-16-10)17-20(18,19)9-7(11)2-6(13)3-8(9)12/h2-5,17H,13H2,1H3,(H,14,15,16). The summed E-state index contributed by atoms with van der Waals surface area (Å²) in [5.41, 5.74) is 6.10. The number of aromatic amines is 1. The maximum atomic E-state index is 12.4. The van der Waals surface area contributed by atoms with E-state index >= 15 is 0 Å². The summed E-state index contributed by atoms with van der Waals surface area (Å²) in [4.78, 5) is 4.00. The molecule has 0 saturated carbocycles. The summed E-state index contributed by atoms with van der Waals surface area (Å²) >= 11 is 6.41. The van der Waals surface area contributed by atoms with Crippen LogP contribution in [0.2, 0.25) is 0 Å². The van der Waals surface area contributed by atoms with Crippen LogP contribution >= 0.6 is 31.9 Å². The Morgan fingerprint density at radius 2 is 1.95 bits per heavy atom. The number of aromatic nitrogens is 3. The average Bonchev–Trinajstić information content (AvgIpc) is 2.78. The molecule has 2 rings (SSSR count). The third-order valence-electron chi connectivity index (χ3n) is 2.47. The second-order valence-electron chi connectivity index (χ2n) is 4.03. The number of H-pyrrole nitrogens is 1. The summed E-state index contributed by atoms with van der Waals surface area (Å²) in [6.07, 6.45) is 1.31. The first kappa shape index (κ1) is 15.4. The lowest BCUT2D eigenvalue weighted by Crippen LogP contribution is -2.28. The minimum absolute atomic E-state index is 0.0815. The molecule has 0 aliphatic carbocycles. The number of halogens is 2. The molecule has 4 N–H and O–H groups in total. The highest BCUT2D eigenvalue weighted by Crippen LogP contribution is 2.32. The van der Waals surface area contributed by atoms with Gasteiger partial charge in [-0.3, -0.25) is 5.10 Å². The number of nitrogens with two attached hydrogens (primary N) is 1. The third kappa shape index (κ3) is 3.19. The first-order valence-corrected chi connectivity index (χ1v) is 8.50.